The maximum absolute atomic E-state index is 13.0. The molecule has 1 heterocycles. The third kappa shape index (κ3) is 3.30. The summed E-state index contributed by atoms with van der Waals surface area (Å²) >= 11 is 0. The predicted octanol–water partition coefficient (Wildman–Crippen LogP) is 1.20. The van der Waals surface area contributed by atoms with Crippen molar-refractivity contribution in [2.75, 3.05) is 12.3 Å². The minimum atomic E-state index is -3.48. The van der Waals surface area contributed by atoms with Crippen LogP contribution in [0.3, 0.4) is 0 Å². The van der Waals surface area contributed by atoms with Crippen molar-refractivity contribution in [3.8, 4) is 0 Å². The van der Waals surface area contributed by atoms with E-state index in [4.69, 9.17) is 0 Å². The van der Waals surface area contributed by atoms with Crippen molar-refractivity contribution in [1.29, 1.82) is 0 Å². The highest BCUT2D eigenvalue weighted by Gasteiger charge is 2.28. The molecule has 1 aromatic rings. The van der Waals surface area contributed by atoms with Gasteiger partial charge in [-0.25, -0.2) is 17.2 Å². The maximum atomic E-state index is 13.0. The highest BCUT2D eigenvalue weighted by atomic mass is 32.2. The summed E-state index contributed by atoms with van der Waals surface area (Å²) in [4.78, 5) is -0.136. The van der Waals surface area contributed by atoms with Gasteiger partial charge in [0, 0.05) is 6.54 Å². The zero-order chi connectivity index (χ0) is 14.8. The smallest absolute Gasteiger partial charge is 0.179 e. The summed E-state index contributed by atoms with van der Waals surface area (Å²) in [5, 5.41) is 12.2. The second-order valence-electron chi connectivity index (χ2n) is 4.28. The van der Waals surface area contributed by atoms with E-state index in [1.165, 1.54) is 24.3 Å². The normalized spacial score (nSPS) is 24.4. The van der Waals surface area contributed by atoms with Crippen molar-refractivity contribution in [3.63, 3.8) is 0 Å². The Bertz CT molecular complexity index is 668. The van der Waals surface area contributed by atoms with Crippen molar-refractivity contribution >= 4 is 15.9 Å². The molecule has 7 heteroatoms. The molecule has 0 aliphatic carbocycles. The summed E-state index contributed by atoms with van der Waals surface area (Å²) in [6.07, 6.45) is 2.79. The van der Waals surface area contributed by atoms with E-state index in [1.54, 1.807) is 0 Å². The molecule has 1 saturated heterocycles. The van der Waals surface area contributed by atoms with Crippen molar-refractivity contribution < 1.29 is 22.3 Å². The Morgan fingerprint density at radius 1 is 1.30 bits per heavy atom. The Morgan fingerprint density at radius 2 is 2.05 bits per heavy atom. The fourth-order valence-corrected chi connectivity index (χ4v) is 3.12. The van der Waals surface area contributed by atoms with Gasteiger partial charge in [-0.2, -0.15) is 0 Å². The quantitative estimate of drug-likeness (QED) is 0.861. The van der Waals surface area contributed by atoms with Crippen molar-refractivity contribution in [2.45, 2.75) is 6.23 Å². The molecule has 0 aromatic heterocycles. The SMILES string of the molecule is O=S1(=O)CCNC(O)/C1=C\C=C\c1ccc(F)c(F)c1. The standard InChI is InChI=1S/C13H13F2NO3S/c14-10-5-4-9(8-11(10)15)2-1-3-12-13(17)16-6-7-20(12,18)19/h1-5,8,13,16-17H,6-7H2/b2-1+,12-3+. The molecule has 1 aliphatic heterocycles. The Morgan fingerprint density at radius 3 is 2.70 bits per heavy atom. The number of halogens is 2. The number of sulfone groups is 1. The minimum absolute atomic E-state index is 0.0884. The molecule has 2 rings (SSSR count). The van der Waals surface area contributed by atoms with Gasteiger partial charge in [0.05, 0.1) is 10.7 Å². The molecule has 1 aliphatic rings. The van der Waals surface area contributed by atoms with Crippen molar-refractivity contribution in [2.24, 2.45) is 0 Å². The van der Waals surface area contributed by atoms with Crippen LogP contribution in [-0.2, 0) is 9.84 Å². The number of aliphatic hydroxyl groups excluding tert-OH is 1. The number of rotatable bonds is 2. The highest BCUT2D eigenvalue weighted by Crippen LogP contribution is 2.16. The first-order valence-corrected chi connectivity index (χ1v) is 7.53. The van der Waals surface area contributed by atoms with Crippen molar-refractivity contribution in [1.82, 2.24) is 5.32 Å². The molecule has 1 atom stereocenters. The van der Waals surface area contributed by atoms with Crippen LogP contribution in [0.15, 0.2) is 35.3 Å². The molecule has 0 spiro atoms. The fourth-order valence-electron chi connectivity index (χ4n) is 1.78. The topological polar surface area (TPSA) is 66.4 Å². The van der Waals surface area contributed by atoms with Gasteiger partial charge >= 0.3 is 0 Å². The largest absolute Gasteiger partial charge is 0.374 e. The molecule has 0 saturated carbocycles. The first-order chi connectivity index (χ1) is 9.40. The third-order valence-electron chi connectivity index (χ3n) is 2.83. The summed E-state index contributed by atoms with van der Waals surface area (Å²) in [7, 11) is -3.48. The van der Waals surface area contributed by atoms with E-state index < -0.39 is 27.7 Å². The second kappa shape index (κ2) is 5.82. The van der Waals surface area contributed by atoms with Gasteiger partial charge in [-0.05, 0) is 23.8 Å². The fraction of sp³-hybridized carbons (Fsp3) is 0.231. The van der Waals surface area contributed by atoms with Crippen LogP contribution in [-0.4, -0.2) is 32.0 Å². The molecule has 1 fully saturated rings. The molecule has 20 heavy (non-hydrogen) atoms. The number of benzene rings is 1. The molecule has 1 aromatic carbocycles. The minimum Gasteiger partial charge on any atom is -0.374 e. The molecule has 4 nitrogen and oxygen atoms in total. The number of nitrogens with one attached hydrogen (secondary N) is 1. The second-order valence-corrected chi connectivity index (χ2v) is 6.39. The van der Waals surface area contributed by atoms with E-state index in [1.807, 2.05) is 0 Å². The van der Waals surface area contributed by atoms with E-state index in [-0.39, 0.29) is 17.2 Å². The van der Waals surface area contributed by atoms with Gasteiger partial charge in [0.1, 0.15) is 6.23 Å². The highest BCUT2D eigenvalue weighted by molar-refractivity contribution is 7.95. The maximum Gasteiger partial charge on any atom is 0.179 e. The Hall–Kier alpha value is -1.57. The average molecular weight is 301 g/mol. The van der Waals surface area contributed by atoms with Crippen LogP contribution in [0, 0.1) is 11.6 Å². The van der Waals surface area contributed by atoms with Crippen LogP contribution in [0.4, 0.5) is 8.78 Å². The summed E-state index contributed by atoms with van der Waals surface area (Å²) in [6, 6.07) is 3.34. The molecule has 0 amide bonds. The van der Waals surface area contributed by atoms with E-state index in [9.17, 15) is 22.3 Å². The Balaban J connectivity index is 2.22. The number of allylic oxidation sites excluding steroid dienone is 2. The van der Waals surface area contributed by atoms with Crippen LogP contribution in [0.1, 0.15) is 5.56 Å². The Labute approximate surface area is 115 Å². The van der Waals surface area contributed by atoms with Gasteiger partial charge in [0.15, 0.2) is 21.5 Å². The van der Waals surface area contributed by atoms with Crippen LogP contribution in [0.2, 0.25) is 0 Å². The predicted molar refractivity (Wildman–Crippen MR) is 71.3 cm³/mol. The van der Waals surface area contributed by atoms with Gasteiger partial charge in [-0.15, -0.1) is 0 Å². The third-order valence-corrected chi connectivity index (χ3v) is 4.65. The first-order valence-electron chi connectivity index (χ1n) is 5.88. The number of hydrogen-bond donors (Lipinski definition) is 2. The molecule has 0 radical (unpaired) electrons. The molecular formula is C13H13F2NO3S. The molecule has 1 unspecified atom stereocenters. The van der Waals surface area contributed by atoms with Crippen LogP contribution >= 0.6 is 0 Å². The zero-order valence-electron chi connectivity index (χ0n) is 10.4. The molecule has 2 N–H and O–H groups in total. The molecule has 108 valence electrons. The summed E-state index contributed by atoms with van der Waals surface area (Å²) in [5.74, 6) is -2.02. The summed E-state index contributed by atoms with van der Waals surface area (Å²) in [6.45, 7) is 0.188. The average Bonchev–Trinajstić information content (AvgIpc) is 2.37. The van der Waals surface area contributed by atoms with E-state index in [0.717, 1.165) is 12.1 Å². The molecule has 0 bridgehead atoms. The molecular weight excluding hydrogens is 288 g/mol. The Kier molecular flexibility index (Phi) is 4.32. The van der Waals surface area contributed by atoms with Gasteiger partial charge in [-0.3, -0.25) is 5.32 Å². The lowest BCUT2D eigenvalue weighted by atomic mass is 10.2. The van der Waals surface area contributed by atoms with Gasteiger partial charge < -0.3 is 5.11 Å². The van der Waals surface area contributed by atoms with E-state index >= 15 is 0 Å². The number of hydrogen-bond acceptors (Lipinski definition) is 4. The zero-order valence-corrected chi connectivity index (χ0v) is 11.2. The van der Waals surface area contributed by atoms with Crippen molar-refractivity contribution in [3.05, 3.63) is 52.5 Å². The lowest BCUT2D eigenvalue weighted by Gasteiger charge is -2.21. The first kappa shape index (κ1) is 14.8. The number of aliphatic hydroxyl groups is 1. The van der Waals surface area contributed by atoms with Crippen LogP contribution in [0.5, 0.6) is 0 Å². The van der Waals surface area contributed by atoms with Gasteiger partial charge in [0.25, 0.3) is 0 Å². The summed E-state index contributed by atoms with van der Waals surface area (Å²) in [5.41, 5.74) is 0.386. The van der Waals surface area contributed by atoms with Gasteiger partial charge in [0.2, 0.25) is 0 Å². The van der Waals surface area contributed by atoms with E-state index in [2.05, 4.69) is 5.32 Å². The van der Waals surface area contributed by atoms with E-state index in [0.29, 0.717) is 5.56 Å². The van der Waals surface area contributed by atoms with Crippen LogP contribution < -0.4 is 5.32 Å². The summed E-state index contributed by atoms with van der Waals surface area (Å²) < 4.78 is 49.2. The lowest BCUT2D eigenvalue weighted by molar-refractivity contribution is 0.179. The monoisotopic (exact) mass is 301 g/mol. The lowest BCUT2D eigenvalue weighted by Crippen LogP contribution is -2.43. The van der Waals surface area contributed by atoms with Crippen LogP contribution in [0.25, 0.3) is 6.08 Å². The van der Waals surface area contributed by atoms with Gasteiger partial charge in [-0.1, -0.05) is 18.2 Å².